The summed E-state index contributed by atoms with van der Waals surface area (Å²) in [6.07, 6.45) is 4.39. The van der Waals surface area contributed by atoms with E-state index in [2.05, 4.69) is 53.3 Å². The third-order valence-electron chi connectivity index (χ3n) is 4.11. The van der Waals surface area contributed by atoms with E-state index in [1.54, 1.807) is 0 Å². The molecule has 0 saturated carbocycles. The minimum Gasteiger partial charge on any atom is -0.341 e. The molecule has 21 heavy (non-hydrogen) atoms. The van der Waals surface area contributed by atoms with Gasteiger partial charge >= 0.3 is 0 Å². The molecule has 3 rings (SSSR count). The van der Waals surface area contributed by atoms with Crippen molar-refractivity contribution >= 4 is 11.4 Å². The van der Waals surface area contributed by atoms with Crippen LogP contribution in [0.5, 0.6) is 0 Å². The molecule has 0 aliphatic carbocycles. The Labute approximate surface area is 127 Å². The number of nitrogens with zero attached hydrogens (tertiary/aromatic N) is 2. The van der Waals surface area contributed by atoms with Crippen LogP contribution in [0.2, 0.25) is 0 Å². The summed E-state index contributed by atoms with van der Waals surface area (Å²) in [6, 6.07) is 9.01. The van der Waals surface area contributed by atoms with E-state index in [-0.39, 0.29) is 0 Å². The van der Waals surface area contributed by atoms with Gasteiger partial charge in [-0.2, -0.15) is 0 Å². The molecule has 0 atom stereocenters. The van der Waals surface area contributed by atoms with Gasteiger partial charge in [0.1, 0.15) is 0 Å². The zero-order valence-corrected chi connectivity index (χ0v) is 13.1. The van der Waals surface area contributed by atoms with E-state index < -0.39 is 0 Å². The zero-order valence-electron chi connectivity index (χ0n) is 13.1. The van der Waals surface area contributed by atoms with Gasteiger partial charge in [0.25, 0.3) is 0 Å². The molecule has 1 aromatic carbocycles. The lowest BCUT2D eigenvalue weighted by Crippen LogP contribution is -2.26. The van der Waals surface area contributed by atoms with E-state index in [9.17, 15) is 0 Å². The van der Waals surface area contributed by atoms with Gasteiger partial charge in [0.15, 0.2) is 0 Å². The van der Waals surface area contributed by atoms with Crippen molar-refractivity contribution in [3.8, 4) is 0 Å². The Morgan fingerprint density at radius 2 is 2.05 bits per heavy atom. The smallest absolute Gasteiger partial charge is 0.0490 e. The van der Waals surface area contributed by atoms with Crippen LogP contribution in [0.15, 0.2) is 30.5 Å². The van der Waals surface area contributed by atoms with Gasteiger partial charge in [0, 0.05) is 41.9 Å². The Balaban J connectivity index is 2.08. The number of nitrogens with one attached hydrogen (secondary N) is 1. The lowest BCUT2D eigenvalue weighted by atomic mass is 9.98. The number of hydrogen-bond acceptors (Lipinski definition) is 3. The highest BCUT2D eigenvalue weighted by Gasteiger charge is 2.20. The van der Waals surface area contributed by atoms with E-state index >= 15 is 0 Å². The molecule has 3 heteroatoms. The topological polar surface area (TPSA) is 28.2 Å². The first kappa shape index (κ1) is 14.1. The van der Waals surface area contributed by atoms with Crippen molar-refractivity contribution in [1.82, 2.24) is 10.3 Å². The second-order valence-electron chi connectivity index (χ2n) is 5.87. The fourth-order valence-corrected chi connectivity index (χ4v) is 3.13. The lowest BCUT2D eigenvalue weighted by Gasteiger charge is -2.33. The van der Waals surface area contributed by atoms with E-state index in [4.69, 9.17) is 0 Å². The monoisotopic (exact) mass is 281 g/mol. The number of benzene rings is 1. The largest absolute Gasteiger partial charge is 0.341 e. The maximum atomic E-state index is 4.46. The fourth-order valence-electron chi connectivity index (χ4n) is 3.13. The second kappa shape index (κ2) is 5.86. The zero-order chi connectivity index (χ0) is 14.8. The van der Waals surface area contributed by atoms with E-state index in [1.807, 2.05) is 13.2 Å². The average molecular weight is 281 g/mol. The summed E-state index contributed by atoms with van der Waals surface area (Å²) in [5, 5.41) is 3.25. The summed E-state index contributed by atoms with van der Waals surface area (Å²) in [6.45, 7) is 6.16. The molecule has 1 N–H and O–H groups in total. The van der Waals surface area contributed by atoms with Gasteiger partial charge in [-0.05, 0) is 51.4 Å². The summed E-state index contributed by atoms with van der Waals surface area (Å²) in [7, 11) is 1.98. The highest BCUT2D eigenvalue weighted by atomic mass is 15.1. The second-order valence-corrected chi connectivity index (χ2v) is 5.87. The van der Waals surface area contributed by atoms with E-state index in [0.717, 1.165) is 18.8 Å². The Kier molecular flexibility index (Phi) is 3.93. The molecule has 0 spiro atoms. The number of rotatable bonds is 3. The number of pyridine rings is 1. The minimum absolute atomic E-state index is 0.848. The van der Waals surface area contributed by atoms with Crippen molar-refractivity contribution in [3.63, 3.8) is 0 Å². The molecule has 1 aliphatic rings. The van der Waals surface area contributed by atoms with Gasteiger partial charge < -0.3 is 10.2 Å². The molecule has 1 aromatic heterocycles. The summed E-state index contributed by atoms with van der Waals surface area (Å²) in [5.41, 5.74) is 7.79. The summed E-state index contributed by atoms with van der Waals surface area (Å²) in [4.78, 5) is 6.91. The van der Waals surface area contributed by atoms with E-state index in [0.29, 0.717) is 0 Å². The van der Waals surface area contributed by atoms with Crippen LogP contribution < -0.4 is 10.2 Å². The quantitative estimate of drug-likeness (QED) is 0.933. The van der Waals surface area contributed by atoms with Crippen molar-refractivity contribution < 1.29 is 0 Å². The predicted molar refractivity (Wildman–Crippen MR) is 88.2 cm³/mol. The summed E-state index contributed by atoms with van der Waals surface area (Å²) in [5.74, 6) is 0. The SMILES string of the molecule is CNCc1cnc(C)cc1N1CCCc2cc(C)ccc21. The number of aryl methyl sites for hydroxylation is 3. The van der Waals surface area contributed by atoms with Crippen LogP contribution in [-0.4, -0.2) is 18.6 Å². The summed E-state index contributed by atoms with van der Waals surface area (Å²) < 4.78 is 0. The number of anilines is 2. The van der Waals surface area contributed by atoms with Gasteiger partial charge in [-0.3, -0.25) is 4.98 Å². The molecule has 0 bridgehead atoms. The van der Waals surface area contributed by atoms with Crippen LogP contribution in [0, 0.1) is 13.8 Å². The molecule has 0 radical (unpaired) electrons. The van der Waals surface area contributed by atoms with Crippen LogP contribution in [0.3, 0.4) is 0 Å². The van der Waals surface area contributed by atoms with Crippen LogP contribution >= 0.6 is 0 Å². The van der Waals surface area contributed by atoms with Crippen LogP contribution in [0.1, 0.15) is 28.8 Å². The molecule has 0 fully saturated rings. The normalized spacial score (nSPS) is 14.1. The van der Waals surface area contributed by atoms with Gasteiger partial charge in [0.05, 0.1) is 0 Å². The molecule has 0 amide bonds. The lowest BCUT2D eigenvalue weighted by molar-refractivity contribution is 0.752. The van der Waals surface area contributed by atoms with Crippen molar-refractivity contribution in [2.45, 2.75) is 33.2 Å². The van der Waals surface area contributed by atoms with Gasteiger partial charge in [-0.25, -0.2) is 0 Å². The van der Waals surface area contributed by atoms with E-state index in [1.165, 1.54) is 40.9 Å². The molecular weight excluding hydrogens is 258 g/mol. The molecule has 0 unspecified atom stereocenters. The fraction of sp³-hybridized carbons (Fsp3) is 0.389. The average Bonchev–Trinajstić information content (AvgIpc) is 2.48. The van der Waals surface area contributed by atoms with Crippen molar-refractivity contribution in [1.29, 1.82) is 0 Å². The highest BCUT2D eigenvalue weighted by Crippen LogP contribution is 2.35. The molecule has 3 nitrogen and oxygen atoms in total. The molecule has 1 aliphatic heterocycles. The Morgan fingerprint density at radius 1 is 1.19 bits per heavy atom. The third kappa shape index (κ3) is 2.79. The summed E-state index contributed by atoms with van der Waals surface area (Å²) >= 11 is 0. The van der Waals surface area contributed by atoms with Crippen LogP contribution in [0.4, 0.5) is 11.4 Å². The number of aromatic nitrogens is 1. The van der Waals surface area contributed by atoms with Gasteiger partial charge in [-0.15, -0.1) is 0 Å². The highest BCUT2D eigenvalue weighted by molar-refractivity contribution is 5.70. The molecule has 2 heterocycles. The molecular formula is C18H23N3. The Morgan fingerprint density at radius 3 is 2.86 bits per heavy atom. The van der Waals surface area contributed by atoms with Crippen molar-refractivity contribution in [2.24, 2.45) is 0 Å². The van der Waals surface area contributed by atoms with Crippen LogP contribution in [-0.2, 0) is 13.0 Å². The standard InChI is InChI=1S/C18H23N3/c1-13-6-7-17-15(9-13)5-4-8-21(17)18-10-14(2)20-12-16(18)11-19-3/h6-7,9-10,12,19H,4-5,8,11H2,1-3H3. The Hall–Kier alpha value is -1.87. The predicted octanol–water partition coefficient (Wildman–Crippen LogP) is 3.50. The Bertz CT molecular complexity index is 649. The van der Waals surface area contributed by atoms with Gasteiger partial charge in [0.2, 0.25) is 0 Å². The first-order valence-corrected chi connectivity index (χ1v) is 7.66. The minimum atomic E-state index is 0.848. The first-order chi connectivity index (χ1) is 10.2. The van der Waals surface area contributed by atoms with Crippen LogP contribution in [0.25, 0.3) is 0 Å². The third-order valence-corrected chi connectivity index (χ3v) is 4.11. The maximum absolute atomic E-state index is 4.46. The van der Waals surface area contributed by atoms with Gasteiger partial charge in [-0.1, -0.05) is 17.7 Å². The molecule has 0 saturated heterocycles. The number of hydrogen-bond donors (Lipinski definition) is 1. The maximum Gasteiger partial charge on any atom is 0.0490 e. The molecule has 110 valence electrons. The van der Waals surface area contributed by atoms with Crippen molar-refractivity contribution in [2.75, 3.05) is 18.5 Å². The number of fused-ring (bicyclic) bond motifs is 1. The first-order valence-electron chi connectivity index (χ1n) is 7.66. The molecule has 2 aromatic rings. The van der Waals surface area contributed by atoms with Crippen molar-refractivity contribution in [3.05, 3.63) is 52.8 Å².